The molecule has 81 heavy (non-hydrogen) atoms. The molecular weight excluding hydrogens is 1380 g/mol. The summed E-state index contributed by atoms with van der Waals surface area (Å²) in [6.07, 6.45) is 7.05. The summed E-state index contributed by atoms with van der Waals surface area (Å²) in [4.78, 5) is 26.0. The van der Waals surface area contributed by atoms with Crippen molar-refractivity contribution < 1.29 is 69.4 Å². The molecule has 12 nitrogen and oxygen atoms in total. The van der Waals surface area contributed by atoms with Crippen LogP contribution in [0.1, 0.15) is 6.92 Å². The molecule has 0 spiro atoms. The molecule has 0 saturated heterocycles. The smallest absolute Gasteiger partial charge is 0.123 e. The number of para-hydroxylation sites is 4. The number of fused-ring (bicyclic) bond motifs is 4. The molecule has 0 unspecified atom stereocenters. The van der Waals surface area contributed by atoms with Crippen LogP contribution >= 0.6 is 0 Å². The van der Waals surface area contributed by atoms with Gasteiger partial charge in [-0.05, 0) is 126 Å². The number of aliphatic hydroxyl groups excluding tert-OH is 4. The van der Waals surface area contributed by atoms with Gasteiger partial charge in [0.25, 0.3) is 0 Å². The van der Waals surface area contributed by atoms with E-state index in [0.29, 0.717) is 0 Å². The summed E-state index contributed by atoms with van der Waals surface area (Å²) in [5.74, 6) is -0.501. The van der Waals surface area contributed by atoms with Gasteiger partial charge in [0.05, 0.1) is 28.4 Å². The van der Waals surface area contributed by atoms with Crippen LogP contribution in [0, 0.1) is 29.8 Å². The Labute approximate surface area is 502 Å². The summed E-state index contributed by atoms with van der Waals surface area (Å²) >= 11 is 0. The number of hydrogen-bond donors (Lipinski definition) is 4. The molecule has 4 N–H and O–H groups in total. The molecule has 2 aliphatic heterocycles. The van der Waals surface area contributed by atoms with Crippen molar-refractivity contribution in [3.8, 4) is 45.0 Å². The summed E-state index contributed by atoms with van der Waals surface area (Å²) in [5.41, 5.74) is 16.8. The predicted molar refractivity (Wildman–Crippen MR) is 317 cm³/mol. The van der Waals surface area contributed by atoms with Crippen LogP contribution in [0.3, 0.4) is 0 Å². The number of halogens is 2. The first kappa shape index (κ1) is 67.4. The van der Waals surface area contributed by atoms with E-state index in [4.69, 9.17) is 20.4 Å². The van der Waals surface area contributed by atoms with Crippen molar-refractivity contribution in [1.82, 2.24) is 19.9 Å². The van der Waals surface area contributed by atoms with Gasteiger partial charge in [0.15, 0.2) is 0 Å². The fourth-order valence-corrected chi connectivity index (χ4v) is 8.18. The summed E-state index contributed by atoms with van der Waals surface area (Å²) in [7, 11) is 11.4. The standard InChI is InChI=1S/2C19H16N3.C11H8FN.C11H7FN.C2H6O.3CH4O.2Ir/c2*1-21-16-8-3-4-9-17(16)22(2)19-13-14(10-11-18(19)21)15-7-5-6-12-20-15;2*12-10-6-4-9(5-7-10)11-3-1-2-8-13-11;1-2-3;3*1-2;;/h2*3-9,11-13H,1-2H3;1-8H;1-4,6-8H;3H,2H2,1H3;3*2H,1H3;;/q2*-1;;-1;;;;;;. The normalized spacial score (nSPS) is 10.6. The molecule has 16 heteroatoms. The fraction of sp³-hybridized carbons (Fsp3) is 0.138. The fourth-order valence-electron chi connectivity index (χ4n) is 8.18. The summed E-state index contributed by atoms with van der Waals surface area (Å²) in [6.45, 7) is 1.93. The van der Waals surface area contributed by atoms with Crippen molar-refractivity contribution in [2.24, 2.45) is 0 Å². The zero-order valence-electron chi connectivity index (χ0n) is 46.2. The van der Waals surface area contributed by atoms with E-state index in [9.17, 15) is 8.78 Å². The number of aromatic nitrogens is 4. The number of benzene rings is 6. The minimum absolute atomic E-state index is 0. The van der Waals surface area contributed by atoms with E-state index in [1.807, 2.05) is 97.3 Å². The second-order valence-corrected chi connectivity index (χ2v) is 16.6. The first-order valence-corrected chi connectivity index (χ1v) is 24.9. The van der Waals surface area contributed by atoms with E-state index in [0.717, 1.165) is 77.7 Å². The van der Waals surface area contributed by atoms with E-state index >= 15 is 0 Å². The predicted octanol–water partition coefficient (Wildman–Crippen LogP) is 13.2. The van der Waals surface area contributed by atoms with Gasteiger partial charge in [0, 0.05) is 133 Å². The maximum absolute atomic E-state index is 12.6. The monoisotopic (exact) mass is 1450 g/mol. The first-order valence-electron chi connectivity index (χ1n) is 24.9. The van der Waals surface area contributed by atoms with Gasteiger partial charge < -0.3 is 55.0 Å². The number of anilines is 8. The second kappa shape index (κ2) is 35.7. The molecule has 0 aliphatic carbocycles. The summed E-state index contributed by atoms with van der Waals surface area (Å²) in [6, 6.07) is 68.6. The minimum Gasteiger partial charge on any atom is -0.400 e. The molecule has 0 bridgehead atoms. The average molecular weight is 1440 g/mol. The van der Waals surface area contributed by atoms with Gasteiger partial charge in [0.2, 0.25) is 0 Å². The molecule has 2 aliphatic rings. The van der Waals surface area contributed by atoms with Crippen molar-refractivity contribution in [1.29, 1.82) is 0 Å². The molecule has 4 aromatic heterocycles. The van der Waals surface area contributed by atoms with Gasteiger partial charge in [0.1, 0.15) is 5.82 Å². The molecule has 12 rings (SSSR count). The Morgan fingerprint density at radius 1 is 0.358 bits per heavy atom. The summed E-state index contributed by atoms with van der Waals surface area (Å²) < 4.78 is 25.1. The van der Waals surface area contributed by atoms with Crippen LogP contribution in [0.2, 0.25) is 0 Å². The molecule has 6 heterocycles. The van der Waals surface area contributed by atoms with Crippen molar-refractivity contribution >= 4 is 45.5 Å². The zero-order chi connectivity index (χ0) is 57.1. The third-order valence-corrected chi connectivity index (χ3v) is 11.9. The number of pyridine rings is 4. The Bertz CT molecular complexity index is 3120. The molecule has 0 atom stereocenters. The van der Waals surface area contributed by atoms with Gasteiger partial charge in [-0.2, -0.15) is 0 Å². The Hall–Kier alpha value is -7.88. The van der Waals surface area contributed by atoms with Crippen LogP contribution in [0.15, 0.2) is 213 Å². The third-order valence-electron chi connectivity index (χ3n) is 11.9. The van der Waals surface area contributed by atoms with Crippen molar-refractivity contribution in [2.75, 3.05) is 75.7 Å². The maximum atomic E-state index is 12.6. The quantitative estimate of drug-likeness (QED) is 0.124. The molecule has 0 fully saturated rings. The van der Waals surface area contributed by atoms with Crippen molar-refractivity contribution in [3.05, 3.63) is 243 Å². The molecular formula is C65H65F2Ir2N8O4-3. The van der Waals surface area contributed by atoms with Gasteiger partial charge >= 0.3 is 0 Å². The van der Waals surface area contributed by atoms with E-state index in [1.165, 1.54) is 58.4 Å². The Kier molecular flexibility index (Phi) is 29.7. The van der Waals surface area contributed by atoms with Gasteiger partial charge in [-0.1, -0.05) is 66.7 Å². The largest absolute Gasteiger partial charge is 0.400 e. The molecule has 424 valence electrons. The first-order chi connectivity index (χ1) is 38.6. The van der Waals surface area contributed by atoms with Crippen LogP contribution in [-0.2, 0) is 40.2 Å². The number of hydrogen-bond acceptors (Lipinski definition) is 12. The van der Waals surface area contributed by atoms with Crippen LogP contribution in [-0.4, -0.2) is 96.5 Å². The van der Waals surface area contributed by atoms with E-state index in [2.05, 4.69) is 147 Å². The number of nitrogens with zero attached hydrogens (tertiary/aromatic N) is 8. The van der Waals surface area contributed by atoms with E-state index in [1.54, 1.807) is 37.5 Å². The minimum atomic E-state index is -0.278. The topological polar surface area (TPSA) is 145 Å². The molecule has 0 saturated carbocycles. The zero-order valence-corrected chi connectivity index (χ0v) is 51.0. The second-order valence-electron chi connectivity index (χ2n) is 16.6. The third kappa shape index (κ3) is 18.1. The maximum Gasteiger partial charge on any atom is 0.123 e. The molecule has 6 aromatic carbocycles. The van der Waals surface area contributed by atoms with Crippen LogP contribution in [0.5, 0.6) is 0 Å². The SMILES string of the molecule is CCO.CN1c2c[c-]c(-c3ccccn3)cc2N(C)c2ccccc21.CN1c2c[c-]c(-c3ccccn3)cc2N(C)c2ccccc21.CO.CO.CO.Fc1c[c-]c(-c2ccccn2)cc1.Fc1ccc(-c2ccccn2)cc1.[Ir].[Ir]. The van der Waals surface area contributed by atoms with Crippen molar-refractivity contribution in [3.63, 3.8) is 0 Å². The Morgan fingerprint density at radius 2 is 0.654 bits per heavy atom. The van der Waals surface area contributed by atoms with Crippen molar-refractivity contribution in [2.45, 2.75) is 6.92 Å². The number of aliphatic hydroxyl groups is 4. The van der Waals surface area contributed by atoms with E-state index < -0.39 is 0 Å². The van der Waals surface area contributed by atoms with Crippen LogP contribution < -0.4 is 19.6 Å². The Morgan fingerprint density at radius 3 is 0.975 bits per heavy atom. The molecule has 0 amide bonds. The molecule has 2 radical (unpaired) electrons. The summed E-state index contributed by atoms with van der Waals surface area (Å²) in [5, 5.41) is 28.6. The van der Waals surface area contributed by atoms with Crippen LogP contribution in [0.25, 0.3) is 45.0 Å². The average Bonchev–Trinajstić information content (AvgIpc) is 3.68. The molecule has 10 aromatic rings. The van der Waals surface area contributed by atoms with Gasteiger partial charge in [-0.3, -0.25) is 9.37 Å². The Balaban J connectivity index is 0.000000274. The van der Waals surface area contributed by atoms with E-state index in [-0.39, 0.29) is 58.5 Å². The van der Waals surface area contributed by atoms with Crippen LogP contribution in [0.4, 0.5) is 54.3 Å². The van der Waals surface area contributed by atoms with Gasteiger partial charge in [-0.15, -0.1) is 77.4 Å². The van der Waals surface area contributed by atoms with Gasteiger partial charge in [-0.25, -0.2) is 4.39 Å². The number of rotatable bonds is 4.